The first kappa shape index (κ1) is 15.6. The fourth-order valence-electron chi connectivity index (χ4n) is 2.15. The maximum absolute atomic E-state index is 12.7. The number of unbranched alkanes of at least 4 members (excludes halogenated alkanes) is 1. The molecule has 0 aliphatic carbocycles. The van der Waals surface area contributed by atoms with Crippen molar-refractivity contribution in [2.75, 3.05) is 0 Å². The van der Waals surface area contributed by atoms with Gasteiger partial charge in [-0.05, 0) is 50.5 Å². The molecule has 1 aromatic carbocycles. The monoisotopic (exact) mass is 306 g/mol. The molecular weight excluding hydrogens is 284 g/mol. The van der Waals surface area contributed by atoms with Gasteiger partial charge in [-0.2, -0.15) is 12.8 Å². The molecule has 0 spiro atoms. The zero-order valence-electron chi connectivity index (χ0n) is 12.8. The maximum Gasteiger partial charge on any atom is 0.281 e. The lowest BCUT2D eigenvalue weighted by molar-refractivity contribution is 0.422. The van der Waals surface area contributed by atoms with Gasteiger partial charge in [0.05, 0.1) is 4.90 Å². The number of nitrogens with one attached hydrogen (secondary N) is 1. The third kappa shape index (κ3) is 3.67. The van der Waals surface area contributed by atoms with Crippen LogP contribution in [0.2, 0.25) is 0 Å². The molecule has 1 heterocycles. The zero-order chi connectivity index (χ0) is 15.5. The lowest BCUT2D eigenvalue weighted by Crippen LogP contribution is -2.40. The van der Waals surface area contributed by atoms with Crippen LogP contribution in [0.5, 0.6) is 0 Å². The van der Waals surface area contributed by atoms with E-state index in [0.29, 0.717) is 4.90 Å². The lowest BCUT2D eigenvalue weighted by Gasteiger charge is -2.27. The van der Waals surface area contributed by atoms with E-state index < -0.39 is 10.0 Å². The normalized spacial score (nSPS) is 15.3. The predicted octanol–water partition coefficient (Wildman–Crippen LogP) is 3.48. The van der Waals surface area contributed by atoms with Crippen LogP contribution in [0.3, 0.4) is 0 Å². The molecule has 1 aromatic rings. The Balaban J connectivity index is 2.25. The van der Waals surface area contributed by atoms with E-state index in [9.17, 15) is 8.42 Å². The van der Waals surface area contributed by atoms with Gasteiger partial charge in [-0.3, -0.25) is 5.43 Å². The summed E-state index contributed by atoms with van der Waals surface area (Å²) in [6.07, 6.45) is 6.57. The van der Waals surface area contributed by atoms with Crippen molar-refractivity contribution in [1.29, 1.82) is 0 Å². The third-order valence-corrected chi connectivity index (χ3v) is 4.94. The summed E-state index contributed by atoms with van der Waals surface area (Å²) < 4.78 is 26.5. The molecule has 5 heteroatoms. The Morgan fingerprint density at radius 2 is 1.81 bits per heavy atom. The standard InChI is InChI=1S/C16H22N2O2S/c1-4-5-6-15-11-14(3)12-18(17-15)21(19,20)16-9-7-13(2)8-10-16/h7-12,17H,4-6H2,1-3H3. The molecular formula is C16H22N2O2S. The molecule has 0 amide bonds. The number of hydrogen-bond donors (Lipinski definition) is 1. The highest BCUT2D eigenvalue weighted by atomic mass is 32.2. The minimum absolute atomic E-state index is 0.293. The highest BCUT2D eigenvalue weighted by molar-refractivity contribution is 7.89. The molecule has 1 N–H and O–H groups in total. The number of rotatable bonds is 5. The summed E-state index contributed by atoms with van der Waals surface area (Å²) in [6, 6.07) is 6.89. The molecule has 1 aliphatic rings. The molecule has 2 rings (SSSR count). The zero-order valence-corrected chi connectivity index (χ0v) is 13.6. The highest BCUT2D eigenvalue weighted by Crippen LogP contribution is 2.21. The van der Waals surface area contributed by atoms with Crippen LogP contribution in [0.25, 0.3) is 0 Å². The molecule has 0 saturated heterocycles. The quantitative estimate of drug-likeness (QED) is 0.906. The molecule has 21 heavy (non-hydrogen) atoms. The predicted molar refractivity (Wildman–Crippen MR) is 84.7 cm³/mol. The molecule has 0 radical (unpaired) electrons. The van der Waals surface area contributed by atoms with Crippen molar-refractivity contribution in [3.05, 3.63) is 53.4 Å². The van der Waals surface area contributed by atoms with E-state index in [-0.39, 0.29) is 0 Å². The first-order valence-electron chi connectivity index (χ1n) is 7.20. The van der Waals surface area contributed by atoms with E-state index in [1.165, 1.54) is 4.41 Å². The molecule has 4 nitrogen and oxygen atoms in total. The van der Waals surface area contributed by atoms with Crippen molar-refractivity contribution in [1.82, 2.24) is 9.84 Å². The molecule has 0 fully saturated rings. The van der Waals surface area contributed by atoms with Crippen molar-refractivity contribution < 1.29 is 8.42 Å². The number of sulfonamides is 1. The van der Waals surface area contributed by atoms with Crippen LogP contribution in [-0.4, -0.2) is 12.8 Å². The van der Waals surface area contributed by atoms with E-state index in [1.54, 1.807) is 30.5 Å². The van der Waals surface area contributed by atoms with Crippen LogP contribution in [0.15, 0.2) is 52.7 Å². The van der Waals surface area contributed by atoms with Crippen LogP contribution < -0.4 is 5.43 Å². The van der Waals surface area contributed by atoms with Crippen molar-refractivity contribution in [3.63, 3.8) is 0 Å². The fourth-order valence-corrected chi connectivity index (χ4v) is 3.40. The Hall–Kier alpha value is -1.75. The van der Waals surface area contributed by atoms with Gasteiger partial charge >= 0.3 is 0 Å². The number of aryl methyl sites for hydroxylation is 1. The van der Waals surface area contributed by atoms with Gasteiger partial charge in [-0.15, -0.1) is 0 Å². The summed E-state index contributed by atoms with van der Waals surface area (Å²) in [5, 5.41) is 0. The minimum Gasteiger partial charge on any atom is -0.289 e. The smallest absolute Gasteiger partial charge is 0.281 e. The summed E-state index contributed by atoms with van der Waals surface area (Å²) in [5.74, 6) is 0. The SMILES string of the molecule is CCCCC1=CC(C)=CN(S(=O)(=O)c2ccc(C)cc2)N1. The van der Waals surface area contributed by atoms with Crippen LogP contribution in [-0.2, 0) is 10.0 Å². The molecule has 0 unspecified atom stereocenters. The Labute approximate surface area is 127 Å². The number of hydrogen-bond acceptors (Lipinski definition) is 3. The summed E-state index contributed by atoms with van der Waals surface area (Å²) >= 11 is 0. The van der Waals surface area contributed by atoms with Gasteiger partial charge in [0.1, 0.15) is 0 Å². The topological polar surface area (TPSA) is 49.4 Å². The van der Waals surface area contributed by atoms with E-state index in [0.717, 1.165) is 36.1 Å². The largest absolute Gasteiger partial charge is 0.289 e. The van der Waals surface area contributed by atoms with Crippen LogP contribution >= 0.6 is 0 Å². The van der Waals surface area contributed by atoms with E-state index in [1.807, 2.05) is 19.9 Å². The van der Waals surface area contributed by atoms with E-state index in [4.69, 9.17) is 0 Å². The van der Waals surface area contributed by atoms with Crippen molar-refractivity contribution in [3.8, 4) is 0 Å². The number of allylic oxidation sites excluding steroid dienone is 3. The summed E-state index contributed by atoms with van der Waals surface area (Å²) in [5.41, 5.74) is 5.90. The molecule has 0 bridgehead atoms. The molecule has 0 atom stereocenters. The molecule has 114 valence electrons. The number of benzene rings is 1. The molecule has 0 aromatic heterocycles. The summed E-state index contributed by atoms with van der Waals surface area (Å²) in [4.78, 5) is 0.293. The van der Waals surface area contributed by atoms with Crippen molar-refractivity contribution >= 4 is 10.0 Å². The van der Waals surface area contributed by atoms with Gasteiger partial charge in [-0.1, -0.05) is 31.0 Å². The van der Waals surface area contributed by atoms with E-state index >= 15 is 0 Å². The van der Waals surface area contributed by atoms with Gasteiger partial charge in [0, 0.05) is 11.9 Å². The third-order valence-electron chi connectivity index (χ3n) is 3.35. The van der Waals surface area contributed by atoms with Crippen LogP contribution in [0.1, 0.15) is 38.7 Å². The minimum atomic E-state index is -3.56. The second-order valence-corrected chi connectivity index (χ2v) is 7.19. The fraction of sp³-hybridized carbons (Fsp3) is 0.375. The van der Waals surface area contributed by atoms with Gasteiger partial charge < -0.3 is 0 Å². The average Bonchev–Trinajstić information content (AvgIpc) is 2.45. The second kappa shape index (κ2) is 6.35. The van der Waals surface area contributed by atoms with Gasteiger partial charge in [0.2, 0.25) is 0 Å². The van der Waals surface area contributed by atoms with Crippen LogP contribution in [0.4, 0.5) is 0 Å². The number of hydrazine groups is 1. The maximum atomic E-state index is 12.7. The lowest BCUT2D eigenvalue weighted by atomic mass is 10.1. The van der Waals surface area contributed by atoms with Crippen molar-refractivity contribution in [2.45, 2.75) is 44.9 Å². The highest BCUT2D eigenvalue weighted by Gasteiger charge is 2.24. The number of nitrogens with zero attached hydrogens (tertiary/aromatic N) is 1. The molecule has 0 saturated carbocycles. The summed E-state index contributed by atoms with van der Waals surface area (Å²) in [7, 11) is -3.56. The van der Waals surface area contributed by atoms with Crippen LogP contribution in [0, 0.1) is 6.92 Å². The van der Waals surface area contributed by atoms with Gasteiger partial charge in [0.15, 0.2) is 0 Å². The van der Waals surface area contributed by atoms with Gasteiger partial charge in [0.25, 0.3) is 10.0 Å². The molecule has 1 aliphatic heterocycles. The Morgan fingerprint density at radius 3 is 2.43 bits per heavy atom. The average molecular weight is 306 g/mol. The Kier molecular flexibility index (Phi) is 4.73. The Morgan fingerprint density at radius 1 is 1.14 bits per heavy atom. The Bertz CT molecular complexity index is 658. The first-order chi connectivity index (χ1) is 9.93. The van der Waals surface area contributed by atoms with E-state index in [2.05, 4.69) is 12.3 Å². The second-order valence-electron chi connectivity index (χ2n) is 5.37. The van der Waals surface area contributed by atoms with Gasteiger partial charge in [-0.25, -0.2) is 0 Å². The van der Waals surface area contributed by atoms with Crippen molar-refractivity contribution in [2.24, 2.45) is 0 Å². The first-order valence-corrected chi connectivity index (χ1v) is 8.64. The summed E-state index contributed by atoms with van der Waals surface area (Å²) in [6.45, 7) is 5.96.